The normalized spacial score (nSPS) is 16.2. The number of hydrogen-bond acceptors (Lipinski definition) is 6. The lowest BCUT2D eigenvalue weighted by Gasteiger charge is -2.25. The molecule has 10 heteroatoms. The fraction of sp³-hybridized carbons (Fsp3) is 0.259. The summed E-state index contributed by atoms with van der Waals surface area (Å²) < 4.78 is 27.0. The quantitative estimate of drug-likeness (QED) is 0.385. The molecule has 3 heterocycles. The van der Waals surface area contributed by atoms with Gasteiger partial charge in [-0.2, -0.15) is 5.10 Å². The molecule has 0 radical (unpaired) electrons. The molecular weight excluding hydrogens is 477 g/mol. The number of nitrogens with zero attached hydrogens (tertiary/aromatic N) is 5. The van der Waals surface area contributed by atoms with Crippen molar-refractivity contribution in [2.24, 2.45) is 0 Å². The summed E-state index contributed by atoms with van der Waals surface area (Å²) in [6, 6.07) is 15.5. The highest BCUT2D eigenvalue weighted by Crippen LogP contribution is 2.19. The van der Waals surface area contributed by atoms with Crippen LogP contribution in [0.4, 0.5) is 4.39 Å². The molecule has 190 valence electrons. The van der Waals surface area contributed by atoms with Crippen molar-refractivity contribution >= 4 is 17.5 Å². The Morgan fingerprint density at radius 1 is 1.11 bits per heavy atom. The lowest BCUT2D eigenvalue weighted by molar-refractivity contribution is -0.132. The van der Waals surface area contributed by atoms with E-state index >= 15 is 0 Å². The molecular formula is C27H26FN5O4. The molecule has 2 aromatic heterocycles. The molecule has 1 aliphatic heterocycles. The first-order valence-corrected chi connectivity index (χ1v) is 11.8. The first-order valence-electron chi connectivity index (χ1n) is 11.8. The highest BCUT2D eigenvalue weighted by Gasteiger charge is 2.32. The molecule has 0 saturated carbocycles. The molecule has 4 aromatic rings. The average molecular weight is 504 g/mol. The van der Waals surface area contributed by atoms with Crippen molar-refractivity contribution < 1.29 is 23.5 Å². The molecule has 2 aromatic carbocycles. The molecule has 1 saturated heterocycles. The van der Waals surface area contributed by atoms with E-state index < -0.39 is 6.10 Å². The molecule has 1 unspecified atom stereocenters. The van der Waals surface area contributed by atoms with Crippen LogP contribution in [0.15, 0.2) is 73.2 Å². The Labute approximate surface area is 213 Å². The van der Waals surface area contributed by atoms with Crippen molar-refractivity contribution in [1.29, 1.82) is 0 Å². The van der Waals surface area contributed by atoms with Gasteiger partial charge in [0.25, 0.3) is 5.91 Å². The zero-order chi connectivity index (χ0) is 25.8. The van der Waals surface area contributed by atoms with Gasteiger partial charge in [0.05, 0.1) is 26.0 Å². The zero-order valence-electron chi connectivity index (χ0n) is 20.3. The predicted octanol–water partition coefficient (Wildman–Crippen LogP) is 2.95. The summed E-state index contributed by atoms with van der Waals surface area (Å²) in [6.07, 6.45) is 4.19. The van der Waals surface area contributed by atoms with E-state index in [1.54, 1.807) is 48.7 Å². The SMILES string of the molecule is COc1ccc(CN2CC(OCc3ccccc3F)CN(C(=O)c3cnn4cccnc34)CC2=O)cc1. The molecule has 2 amide bonds. The molecule has 5 rings (SSSR count). The largest absolute Gasteiger partial charge is 0.497 e. The van der Waals surface area contributed by atoms with Crippen LogP contribution in [-0.4, -0.2) is 69.1 Å². The van der Waals surface area contributed by atoms with Crippen LogP contribution in [0.3, 0.4) is 0 Å². The van der Waals surface area contributed by atoms with Crippen LogP contribution in [0.2, 0.25) is 0 Å². The number of rotatable bonds is 7. The van der Waals surface area contributed by atoms with E-state index in [1.807, 2.05) is 24.3 Å². The minimum atomic E-state index is -0.539. The van der Waals surface area contributed by atoms with E-state index in [0.29, 0.717) is 23.3 Å². The van der Waals surface area contributed by atoms with Gasteiger partial charge in [0, 0.05) is 37.6 Å². The predicted molar refractivity (Wildman–Crippen MR) is 132 cm³/mol. The molecule has 0 spiro atoms. The van der Waals surface area contributed by atoms with Gasteiger partial charge in [-0.05, 0) is 29.8 Å². The fourth-order valence-electron chi connectivity index (χ4n) is 4.31. The Morgan fingerprint density at radius 2 is 1.92 bits per heavy atom. The number of benzene rings is 2. The number of halogens is 1. The number of amides is 2. The maximum atomic E-state index is 14.2. The molecule has 1 atom stereocenters. The van der Waals surface area contributed by atoms with Crippen LogP contribution in [0.5, 0.6) is 5.75 Å². The van der Waals surface area contributed by atoms with Gasteiger partial charge in [-0.1, -0.05) is 30.3 Å². The van der Waals surface area contributed by atoms with Gasteiger partial charge in [0.15, 0.2) is 5.65 Å². The number of methoxy groups -OCH3 is 1. The lowest BCUT2D eigenvalue weighted by Crippen LogP contribution is -2.39. The van der Waals surface area contributed by atoms with Gasteiger partial charge in [-0.25, -0.2) is 13.9 Å². The van der Waals surface area contributed by atoms with E-state index in [4.69, 9.17) is 9.47 Å². The third-order valence-electron chi connectivity index (χ3n) is 6.29. The molecule has 0 N–H and O–H groups in total. The highest BCUT2D eigenvalue weighted by molar-refractivity contribution is 6.01. The minimum absolute atomic E-state index is 0.0161. The summed E-state index contributed by atoms with van der Waals surface area (Å²) in [7, 11) is 1.59. The monoisotopic (exact) mass is 503 g/mol. The van der Waals surface area contributed by atoms with Crippen LogP contribution in [-0.2, 0) is 22.7 Å². The summed E-state index contributed by atoms with van der Waals surface area (Å²) in [4.78, 5) is 34.2. The van der Waals surface area contributed by atoms with Crippen molar-refractivity contribution in [3.8, 4) is 5.75 Å². The first-order chi connectivity index (χ1) is 18.0. The number of ether oxygens (including phenoxy) is 2. The van der Waals surface area contributed by atoms with Crippen molar-refractivity contribution in [3.05, 3.63) is 95.7 Å². The van der Waals surface area contributed by atoms with Crippen LogP contribution in [0, 0.1) is 5.82 Å². The van der Waals surface area contributed by atoms with E-state index in [9.17, 15) is 14.0 Å². The Morgan fingerprint density at radius 3 is 2.70 bits per heavy atom. The fourth-order valence-corrected chi connectivity index (χ4v) is 4.31. The second kappa shape index (κ2) is 10.8. The molecule has 0 bridgehead atoms. The van der Waals surface area contributed by atoms with Gasteiger partial charge in [0.2, 0.25) is 5.91 Å². The number of carbonyl (C=O) groups is 2. The van der Waals surface area contributed by atoms with Crippen molar-refractivity contribution in [2.45, 2.75) is 19.3 Å². The molecule has 0 aliphatic carbocycles. The van der Waals surface area contributed by atoms with Crippen LogP contribution in [0.25, 0.3) is 5.65 Å². The summed E-state index contributed by atoms with van der Waals surface area (Å²) in [6.45, 7) is 0.627. The maximum absolute atomic E-state index is 14.2. The second-order valence-electron chi connectivity index (χ2n) is 8.78. The Bertz CT molecular complexity index is 1410. The Hall–Kier alpha value is -4.31. The van der Waals surface area contributed by atoms with Crippen molar-refractivity contribution in [2.75, 3.05) is 26.7 Å². The third kappa shape index (κ3) is 5.44. The summed E-state index contributed by atoms with van der Waals surface area (Å²) in [5, 5.41) is 4.19. The minimum Gasteiger partial charge on any atom is -0.497 e. The van der Waals surface area contributed by atoms with Crippen molar-refractivity contribution in [3.63, 3.8) is 0 Å². The number of fused-ring (bicyclic) bond motifs is 1. The van der Waals surface area contributed by atoms with Gasteiger partial charge < -0.3 is 19.3 Å². The Kier molecular flexibility index (Phi) is 7.09. The number of aromatic nitrogens is 3. The van der Waals surface area contributed by atoms with Gasteiger partial charge >= 0.3 is 0 Å². The summed E-state index contributed by atoms with van der Waals surface area (Å²) >= 11 is 0. The summed E-state index contributed by atoms with van der Waals surface area (Å²) in [5.74, 6) is -0.234. The van der Waals surface area contributed by atoms with Gasteiger partial charge in [-0.3, -0.25) is 9.59 Å². The number of carbonyl (C=O) groups excluding carboxylic acids is 2. The lowest BCUT2D eigenvalue weighted by atomic mass is 10.2. The van der Waals surface area contributed by atoms with E-state index in [2.05, 4.69) is 10.1 Å². The number of hydrogen-bond donors (Lipinski definition) is 0. The highest BCUT2D eigenvalue weighted by atomic mass is 19.1. The second-order valence-corrected chi connectivity index (χ2v) is 8.78. The third-order valence-corrected chi connectivity index (χ3v) is 6.29. The topological polar surface area (TPSA) is 89.3 Å². The zero-order valence-corrected chi connectivity index (χ0v) is 20.3. The smallest absolute Gasteiger partial charge is 0.259 e. The average Bonchev–Trinajstić information content (AvgIpc) is 3.28. The molecule has 9 nitrogen and oxygen atoms in total. The Balaban J connectivity index is 1.39. The summed E-state index contributed by atoms with van der Waals surface area (Å²) in [5.41, 5.74) is 2.02. The molecule has 1 fully saturated rings. The van der Waals surface area contributed by atoms with Crippen LogP contribution < -0.4 is 4.74 Å². The molecule has 37 heavy (non-hydrogen) atoms. The van der Waals surface area contributed by atoms with Crippen LogP contribution >= 0.6 is 0 Å². The van der Waals surface area contributed by atoms with Gasteiger partial charge in [0.1, 0.15) is 23.7 Å². The van der Waals surface area contributed by atoms with E-state index in [0.717, 1.165) is 11.3 Å². The first kappa shape index (κ1) is 24.4. The van der Waals surface area contributed by atoms with E-state index in [1.165, 1.54) is 21.7 Å². The standard InChI is InChI=1S/C27H26FN5O4/c1-36-21-9-7-19(8-10-21)14-31-15-22(37-18-20-5-2-3-6-24(20)28)16-32(17-25(31)34)27(35)23-13-30-33-12-4-11-29-26(23)33/h2-13,22H,14-18H2,1H3. The van der Waals surface area contributed by atoms with E-state index in [-0.39, 0.29) is 43.9 Å². The van der Waals surface area contributed by atoms with Crippen LogP contribution in [0.1, 0.15) is 21.5 Å². The molecule has 1 aliphatic rings. The van der Waals surface area contributed by atoms with Crippen molar-refractivity contribution in [1.82, 2.24) is 24.4 Å². The maximum Gasteiger partial charge on any atom is 0.259 e. The van der Waals surface area contributed by atoms with Gasteiger partial charge in [-0.15, -0.1) is 0 Å².